The molecule has 0 spiro atoms. The van der Waals surface area contributed by atoms with Gasteiger partial charge in [0.2, 0.25) is 5.91 Å². The molecule has 9 heteroatoms. The molecule has 4 rings (SSSR count). The number of halogens is 1. The third-order valence-electron chi connectivity index (χ3n) is 5.45. The van der Waals surface area contributed by atoms with Gasteiger partial charge in [0.25, 0.3) is 0 Å². The molecule has 3 atom stereocenters. The molecule has 0 aliphatic carbocycles. The van der Waals surface area contributed by atoms with Crippen molar-refractivity contribution < 1.29 is 28.4 Å². The Morgan fingerprint density at radius 2 is 1.97 bits per heavy atom. The Morgan fingerprint density at radius 1 is 1.31 bits per heavy atom. The number of thioether (sulfide) groups is 1. The van der Waals surface area contributed by atoms with E-state index in [0.717, 1.165) is 0 Å². The van der Waals surface area contributed by atoms with Crippen molar-refractivity contribution in [3.63, 3.8) is 0 Å². The van der Waals surface area contributed by atoms with Crippen LogP contribution in [0.5, 0.6) is 0 Å². The number of fused-ring (bicyclic) bond motifs is 1. The minimum atomic E-state index is -1.04. The zero-order chi connectivity index (χ0) is 21.1. The summed E-state index contributed by atoms with van der Waals surface area (Å²) in [7, 11) is 0. The highest BCUT2D eigenvalue weighted by atomic mass is 32.2. The fourth-order valence-electron chi connectivity index (χ4n) is 4.09. The zero-order valence-corrected chi connectivity index (χ0v) is 16.8. The monoisotopic (exact) mass is 418 g/mol. The molecule has 2 fully saturated rings. The minimum absolute atomic E-state index is 0.0638. The maximum Gasteiger partial charge on any atom is 0.327 e. The van der Waals surface area contributed by atoms with Gasteiger partial charge in [0, 0.05) is 16.7 Å². The summed E-state index contributed by atoms with van der Waals surface area (Å²) < 4.78 is 17.8. The van der Waals surface area contributed by atoms with Crippen molar-refractivity contribution in [1.82, 2.24) is 10.1 Å². The van der Waals surface area contributed by atoms with E-state index in [1.807, 2.05) is 0 Å². The molecular formula is C20H19FN2O5S. The molecule has 2 aromatic rings. The summed E-state index contributed by atoms with van der Waals surface area (Å²) >= 11 is 1.40. The molecule has 1 N–H and O–H groups in total. The molecule has 0 bridgehead atoms. The van der Waals surface area contributed by atoms with Crippen LogP contribution < -0.4 is 0 Å². The van der Waals surface area contributed by atoms with Crippen molar-refractivity contribution >= 4 is 29.4 Å². The summed E-state index contributed by atoms with van der Waals surface area (Å²) in [5, 5.41) is 13.1. The second kappa shape index (κ2) is 6.69. The first-order valence-electron chi connectivity index (χ1n) is 9.10. The number of nitrogens with zero attached hydrogens (tertiary/aromatic N) is 2. The van der Waals surface area contributed by atoms with Crippen LogP contribution in [0.2, 0.25) is 0 Å². The van der Waals surface area contributed by atoms with Crippen molar-refractivity contribution in [1.29, 1.82) is 0 Å². The maximum absolute atomic E-state index is 13.2. The number of β-lactam (4-membered cyclic amide) rings is 1. The predicted molar refractivity (Wildman–Crippen MR) is 103 cm³/mol. The van der Waals surface area contributed by atoms with E-state index in [-0.39, 0.29) is 29.0 Å². The van der Waals surface area contributed by atoms with E-state index >= 15 is 0 Å². The summed E-state index contributed by atoms with van der Waals surface area (Å²) in [5.41, 5.74) is 1.11. The fourth-order valence-corrected chi connectivity index (χ4v) is 5.77. The molecule has 1 amide bonds. The van der Waals surface area contributed by atoms with Crippen LogP contribution in [0.3, 0.4) is 0 Å². The van der Waals surface area contributed by atoms with E-state index < -0.39 is 28.5 Å². The van der Waals surface area contributed by atoms with Gasteiger partial charge >= 0.3 is 5.97 Å². The van der Waals surface area contributed by atoms with Gasteiger partial charge in [-0.3, -0.25) is 9.59 Å². The molecule has 152 valence electrons. The van der Waals surface area contributed by atoms with Gasteiger partial charge in [-0.15, -0.1) is 11.8 Å². The Labute approximate surface area is 170 Å². The summed E-state index contributed by atoms with van der Waals surface area (Å²) in [6.45, 7) is 5.19. The SMILES string of the molecule is Cc1onc(-c2ccc(F)cc2)c1C(=O)C[C@@H]1C(=O)N2[C@@H]1SC(C)(C)[C@@H]2C(=O)O. The molecule has 2 saturated heterocycles. The fraction of sp³-hybridized carbons (Fsp3) is 0.400. The number of carboxylic acid groups (broad SMARTS) is 1. The first-order chi connectivity index (χ1) is 13.6. The third-order valence-corrected chi connectivity index (χ3v) is 7.08. The topological polar surface area (TPSA) is 101 Å². The average molecular weight is 418 g/mol. The number of hydrogen-bond donors (Lipinski definition) is 1. The molecule has 0 radical (unpaired) electrons. The summed E-state index contributed by atoms with van der Waals surface area (Å²) in [4.78, 5) is 38.7. The number of benzene rings is 1. The smallest absolute Gasteiger partial charge is 0.327 e. The van der Waals surface area contributed by atoms with E-state index in [4.69, 9.17) is 4.52 Å². The van der Waals surface area contributed by atoms with Crippen molar-refractivity contribution in [2.75, 3.05) is 0 Å². The molecule has 1 aromatic carbocycles. The van der Waals surface area contributed by atoms with Gasteiger partial charge in [-0.05, 0) is 45.0 Å². The molecule has 0 unspecified atom stereocenters. The molecule has 2 aliphatic heterocycles. The van der Waals surface area contributed by atoms with Crippen LogP contribution >= 0.6 is 11.8 Å². The van der Waals surface area contributed by atoms with Gasteiger partial charge in [-0.2, -0.15) is 0 Å². The largest absolute Gasteiger partial charge is 0.480 e. The minimum Gasteiger partial charge on any atom is -0.480 e. The van der Waals surface area contributed by atoms with Crippen LogP contribution in [-0.2, 0) is 9.59 Å². The number of carbonyl (C=O) groups excluding carboxylic acids is 2. The van der Waals surface area contributed by atoms with E-state index in [2.05, 4.69) is 5.16 Å². The highest BCUT2D eigenvalue weighted by Gasteiger charge is 2.63. The predicted octanol–water partition coefficient (Wildman–Crippen LogP) is 3.13. The van der Waals surface area contributed by atoms with E-state index in [9.17, 15) is 23.9 Å². The first-order valence-corrected chi connectivity index (χ1v) is 9.98. The molecule has 1 aromatic heterocycles. The van der Waals surface area contributed by atoms with Crippen molar-refractivity contribution in [2.45, 2.75) is 43.4 Å². The van der Waals surface area contributed by atoms with Gasteiger partial charge in [0.05, 0.1) is 16.9 Å². The number of carbonyl (C=O) groups is 3. The second-order valence-corrected chi connectivity index (χ2v) is 9.57. The van der Waals surface area contributed by atoms with E-state index in [0.29, 0.717) is 17.0 Å². The van der Waals surface area contributed by atoms with Crippen LogP contribution in [0.4, 0.5) is 4.39 Å². The van der Waals surface area contributed by atoms with Crippen LogP contribution in [0.25, 0.3) is 11.3 Å². The summed E-state index contributed by atoms with van der Waals surface area (Å²) in [6, 6.07) is 4.64. The average Bonchev–Trinajstić information content (AvgIpc) is 3.15. The van der Waals surface area contributed by atoms with E-state index in [1.54, 1.807) is 20.8 Å². The number of hydrogen-bond acceptors (Lipinski definition) is 6. The van der Waals surface area contributed by atoms with Crippen LogP contribution in [-0.4, -0.2) is 49.0 Å². The number of carboxylic acids is 1. The lowest BCUT2D eigenvalue weighted by Gasteiger charge is -2.43. The van der Waals surface area contributed by atoms with Gasteiger partial charge in [-0.1, -0.05) is 5.16 Å². The zero-order valence-electron chi connectivity index (χ0n) is 16.0. The molecule has 29 heavy (non-hydrogen) atoms. The lowest BCUT2D eigenvalue weighted by molar-refractivity contribution is -0.163. The number of amides is 1. The lowest BCUT2D eigenvalue weighted by Crippen LogP contribution is -2.62. The van der Waals surface area contributed by atoms with Crippen LogP contribution in [0, 0.1) is 18.7 Å². The van der Waals surface area contributed by atoms with Crippen molar-refractivity contribution in [3.8, 4) is 11.3 Å². The summed E-state index contributed by atoms with van der Waals surface area (Å²) in [6.07, 6.45) is -0.0638. The Bertz CT molecular complexity index is 1020. The Hall–Kier alpha value is -2.68. The number of Topliss-reactive ketones (excluding diaryl/α,β-unsaturated/α-hetero) is 1. The number of aromatic nitrogens is 1. The Morgan fingerprint density at radius 3 is 2.59 bits per heavy atom. The second-order valence-electron chi connectivity index (χ2n) is 7.80. The van der Waals surface area contributed by atoms with Crippen LogP contribution in [0.15, 0.2) is 28.8 Å². The normalized spacial score (nSPS) is 24.9. The number of rotatable bonds is 5. The molecule has 0 saturated carbocycles. The highest BCUT2D eigenvalue weighted by molar-refractivity contribution is 8.01. The Balaban J connectivity index is 1.58. The number of ketones is 1. The van der Waals surface area contributed by atoms with Gasteiger partial charge in [0.1, 0.15) is 23.3 Å². The van der Waals surface area contributed by atoms with E-state index in [1.165, 1.54) is 40.9 Å². The van der Waals surface area contributed by atoms with Crippen LogP contribution in [0.1, 0.15) is 36.4 Å². The molecule has 7 nitrogen and oxygen atoms in total. The lowest BCUT2D eigenvalue weighted by atomic mass is 9.86. The highest BCUT2D eigenvalue weighted by Crippen LogP contribution is 2.54. The summed E-state index contributed by atoms with van der Waals surface area (Å²) in [5.74, 6) is -2.36. The Kier molecular flexibility index (Phi) is 4.53. The number of aryl methyl sites for hydroxylation is 1. The standard InChI is InChI=1S/C20H19FN2O5S/c1-9-14(15(22-28-9)10-4-6-11(21)7-5-10)13(24)8-12-17(25)23-16(19(26)27)20(2,3)29-18(12)23/h4-7,12,16,18H,8H2,1-3H3,(H,26,27)/t12-,16+,18-/m1/s1. The molecule has 3 heterocycles. The van der Waals surface area contributed by atoms with Gasteiger partial charge in [0.15, 0.2) is 5.78 Å². The molecular weight excluding hydrogens is 399 g/mol. The van der Waals surface area contributed by atoms with Crippen molar-refractivity contribution in [2.24, 2.45) is 5.92 Å². The van der Waals surface area contributed by atoms with Crippen molar-refractivity contribution in [3.05, 3.63) is 41.4 Å². The first kappa shape index (κ1) is 19.6. The number of aliphatic carboxylic acids is 1. The van der Waals surface area contributed by atoms with Gasteiger partial charge < -0.3 is 14.5 Å². The molecule has 2 aliphatic rings. The third kappa shape index (κ3) is 3.04. The van der Waals surface area contributed by atoms with Gasteiger partial charge in [-0.25, -0.2) is 9.18 Å². The quantitative estimate of drug-likeness (QED) is 0.588. The maximum atomic E-state index is 13.2.